The monoisotopic (exact) mass is 496 g/mol. The summed E-state index contributed by atoms with van der Waals surface area (Å²) in [6.07, 6.45) is 0. The molecule has 14 heteroatoms. The van der Waals surface area contributed by atoms with Gasteiger partial charge in [-0.05, 0) is 24.3 Å². The van der Waals surface area contributed by atoms with E-state index in [2.05, 4.69) is 20.0 Å². The SMILES string of the molecule is COc1ccc([N+](=O)[O-])cc1Nc1nc2ccccc2nc1NS(=O)(=O)c1cccc([N+](=O)[O-])c1. The van der Waals surface area contributed by atoms with E-state index in [0.29, 0.717) is 11.0 Å². The van der Waals surface area contributed by atoms with Crippen molar-refractivity contribution >= 4 is 49.8 Å². The molecule has 0 unspecified atom stereocenters. The minimum absolute atomic E-state index is 0.0727. The molecule has 178 valence electrons. The van der Waals surface area contributed by atoms with E-state index < -0.39 is 25.6 Å². The van der Waals surface area contributed by atoms with E-state index in [1.807, 2.05) is 0 Å². The largest absolute Gasteiger partial charge is 0.495 e. The Balaban J connectivity index is 1.82. The number of fused-ring (bicyclic) bond motifs is 1. The topological polar surface area (TPSA) is 179 Å². The lowest BCUT2D eigenvalue weighted by molar-refractivity contribution is -0.385. The number of hydrogen-bond donors (Lipinski definition) is 2. The number of para-hydroxylation sites is 2. The zero-order chi connectivity index (χ0) is 25.2. The molecule has 0 spiro atoms. The number of benzene rings is 3. The van der Waals surface area contributed by atoms with Gasteiger partial charge in [-0.1, -0.05) is 18.2 Å². The first kappa shape index (κ1) is 23.3. The van der Waals surface area contributed by atoms with Crippen molar-refractivity contribution in [3.05, 3.63) is 87.0 Å². The predicted octanol–water partition coefficient (Wildman–Crippen LogP) is 4.00. The van der Waals surface area contributed by atoms with Crippen LogP contribution in [0, 0.1) is 20.2 Å². The summed E-state index contributed by atoms with van der Waals surface area (Å²) in [6, 6.07) is 15.0. The third kappa shape index (κ3) is 4.91. The summed E-state index contributed by atoms with van der Waals surface area (Å²) in [7, 11) is -2.96. The molecule has 0 radical (unpaired) electrons. The highest BCUT2D eigenvalue weighted by molar-refractivity contribution is 7.92. The zero-order valence-corrected chi connectivity index (χ0v) is 18.7. The average molecular weight is 496 g/mol. The Morgan fingerprint density at radius 2 is 1.46 bits per heavy atom. The van der Waals surface area contributed by atoms with Gasteiger partial charge in [0.1, 0.15) is 5.75 Å². The minimum atomic E-state index is -4.33. The number of non-ortho nitro benzene ring substituents is 2. The van der Waals surface area contributed by atoms with E-state index in [1.54, 1.807) is 24.3 Å². The molecule has 35 heavy (non-hydrogen) atoms. The van der Waals surface area contributed by atoms with Crippen molar-refractivity contribution < 1.29 is 23.0 Å². The molecule has 0 aliphatic heterocycles. The number of nitro benzene ring substituents is 2. The molecule has 4 rings (SSSR count). The fourth-order valence-corrected chi connectivity index (χ4v) is 4.19. The van der Waals surface area contributed by atoms with Crippen LogP contribution < -0.4 is 14.8 Å². The standard InChI is InChI=1S/C21H16N6O7S/c1-34-19-10-9-14(27(30)31)12-18(19)24-20-21(23-17-8-3-2-7-16(17)22-20)25-35(32,33)15-6-4-5-13(11-15)26(28)29/h2-12H,1H3,(H,22,24)(H,23,25). The number of nitro groups is 2. The maximum absolute atomic E-state index is 13.0. The molecule has 2 N–H and O–H groups in total. The number of hydrogen-bond acceptors (Lipinski definition) is 10. The lowest BCUT2D eigenvalue weighted by atomic mass is 10.2. The molecule has 3 aromatic carbocycles. The highest BCUT2D eigenvalue weighted by atomic mass is 32.2. The average Bonchev–Trinajstić information content (AvgIpc) is 2.84. The van der Waals surface area contributed by atoms with Crippen LogP contribution >= 0.6 is 0 Å². The fraction of sp³-hybridized carbons (Fsp3) is 0.0476. The Bertz CT molecular complexity index is 1580. The molecular weight excluding hydrogens is 480 g/mol. The van der Waals surface area contributed by atoms with Crippen LogP contribution in [0.5, 0.6) is 5.75 Å². The highest BCUT2D eigenvalue weighted by Crippen LogP contribution is 2.34. The van der Waals surface area contributed by atoms with Crippen molar-refractivity contribution in [1.29, 1.82) is 0 Å². The summed E-state index contributed by atoms with van der Waals surface area (Å²) < 4.78 is 33.6. The van der Waals surface area contributed by atoms with Crippen LogP contribution in [0.25, 0.3) is 11.0 Å². The van der Waals surface area contributed by atoms with Crippen LogP contribution in [0.1, 0.15) is 0 Å². The van der Waals surface area contributed by atoms with E-state index in [0.717, 1.165) is 12.1 Å². The first-order chi connectivity index (χ1) is 16.7. The first-order valence-electron chi connectivity index (χ1n) is 9.81. The van der Waals surface area contributed by atoms with Crippen molar-refractivity contribution in [1.82, 2.24) is 9.97 Å². The number of sulfonamides is 1. The van der Waals surface area contributed by atoms with Crippen molar-refractivity contribution in [2.75, 3.05) is 17.1 Å². The molecule has 0 atom stereocenters. The molecule has 0 fully saturated rings. The van der Waals surface area contributed by atoms with Gasteiger partial charge in [-0.15, -0.1) is 0 Å². The number of aromatic nitrogens is 2. The summed E-state index contributed by atoms with van der Waals surface area (Å²) in [6.45, 7) is 0. The lowest BCUT2D eigenvalue weighted by Crippen LogP contribution is -2.16. The Hall–Kier alpha value is -4.85. The van der Waals surface area contributed by atoms with E-state index in [-0.39, 0.29) is 33.7 Å². The van der Waals surface area contributed by atoms with Crippen molar-refractivity contribution in [3.63, 3.8) is 0 Å². The molecule has 4 aromatic rings. The molecule has 0 aliphatic rings. The summed E-state index contributed by atoms with van der Waals surface area (Å²) in [5.41, 5.74) is 0.276. The van der Waals surface area contributed by atoms with Crippen molar-refractivity contribution in [2.45, 2.75) is 4.90 Å². The van der Waals surface area contributed by atoms with Gasteiger partial charge in [-0.2, -0.15) is 0 Å². The highest BCUT2D eigenvalue weighted by Gasteiger charge is 2.22. The Morgan fingerprint density at radius 1 is 0.829 bits per heavy atom. The second kappa shape index (κ2) is 9.18. The smallest absolute Gasteiger partial charge is 0.271 e. The molecule has 0 bridgehead atoms. The first-order valence-corrected chi connectivity index (χ1v) is 11.3. The van der Waals surface area contributed by atoms with E-state index in [9.17, 15) is 28.6 Å². The zero-order valence-electron chi connectivity index (χ0n) is 17.9. The fourth-order valence-electron chi connectivity index (χ4n) is 3.14. The van der Waals surface area contributed by atoms with Crippen molar-refractivity contribution in [3.8, 4) is 5.75 Å². The quantitative estimate of drug-likeness (QED) is 0.267. The lowest BCUT2D eigenvalue weighted by Gasteiger charge is -2.15. The molecule has 0 saturated carbocycles. The van der Waals surface area contributed by atoms with Gasteiger partial charge in [0, 0.05) is 24.3 Å². The maximum Gasteiger partial charge on any atom is 0.271 e. The number of nitrogens with one attached hydrogen (secondary N) is 2. The number of nitrogens with zero attached hydrogens (tertiary/aromatic N) is 4. The van der Waals surface area contributed by atoms with Gasteiger partial charge < -0.3 is 10.1 Å². The second-order valence-electron chi connectivity index (χ2n) is 7.04. The van der Waals surface area contributed by atoms with Gasteiger partial charge >= 0.3 is 0 Å². The Labute approximate surface area is 197 Å². The van der Waals surface area contributed by atoms with E-state index in [1.165, 1.54) is 37.4 Å². The van der Waals surface area contributed by atoms with Gasteiger partial charge in [0.05, 0.1) is 38.6 Å². The van der Waals surface area contributed by atoms with Gasteiger partial charge in [0.25, 0.3) is 21.4 Å². The summed E-state index contributed by atoms with van der Waals surface area (Å²) in [5.74, 6) is -0.0710. The summed E-state index contributed by atoms with van der Waals surface area (Å²) in [5, 5.41) is 25.2. The molecular formula is C21H16N6O7S. The molecule has 0 aliphatic carbocycles. The van der Waals surface area contributed by atoms with Crippen LogP contribution in [-0.2, 0) is 10.0 Å². The van der Waals surface area contributed by atoms with E-state index >= 15 is 0 Å². The molecule has 1 aromatic heterocycles. The molecule has 1 heterocycles. The maximum atomic E-state index is 13.0. The van der Waals surface area contributed by atoms with Gasteiger partial charge in [0.15, 0.2) is 11.6 Å². The molecule has 0 saturated heterocycles. The van der Waals surface area contributed by atoms with Gasteiger partial charge in [-0.25, -0.2) is 18.4 Å². The summed E-state index contributed by atoms with van der Waals surface area (Å²) >= 11 is 0. The third-order valence-corrected chi connectivity index (χ3v) is 6.12. The van der Waals surface area contributed by atoms with Crippen LogP contribution in [-0.4, -0.2) is 35.3 Å². The predicted molar refractivity (Wildman–Crippen MR) is 126 cm³/mol. The van der Waals surface area contributed by atoms with Crippen LogP contribution in [0.15, 0.2) is 71.6 Å². The molecule has 0 amide bonds. The number of anilines is 3. The van der Waals surface area contributed by atoms with E-state index in [4.69, 9.17) is 4.74 Å². The van der Waals surface area contributed by atoms with Crippen LogP contribution in [0.2, 0.25) is 0 Å². The summed E-state index contributed by atoms with van der Waals surface area (Å²) in [4.78, 5) is 29.4. The Kier molecular flexibility index (Phi) is 6.12. The Morgan fingerprint density at radius 3 is 2.09 bits per heavy atom. The molecule has 13 nitrogen and oxygen atoms in total. The van der Waals surface area contributed by atoms with Crippen LogP contribution in [0.3, 0.4) is 0 Å². The number of methoxy groups -OCH3 is 1. The van der Waals surface area contributed by atoms with Crippen LogP contribution in [0.4, 0.5) is 28.7 Å². The van der Waals surface area contributed by atoms with Gasteiger partial charge in [0.2, 0.25) is 0 Å². The van der Waals surface area contributed by atoms with Crippen molar-refractivity contribution in [2.24, 2.45) is 0 Å². The second-order valence-corrected chi connectivity index (χ2v) is 8.72. The van der Waals surface area contributed by atoms with Gasteiger partial charge in [-0.3, -0.25) is 25.0 Å². The third-order valence-electron chi connectivity index (χ3n) is 4.79. The number of rotatable bonds is 8. The minimum Gasteiger partial charge on any atom is -0.495 e. The normalized spacial score (nSPS) is 11.1. The number of ether oxygens (including phenoxy) is 1.